The summed E-state index contributed by atoms with van der Waals surface area (Å²) >= 11 is 0. The van der Waals surface area contributed by atoms with Gasteiger partial charge in [-0.2, -0.15) is 21.6 Å². The summed E-state index contributed by atoms with van der Waals surface area (Å²) in [6.45, 7) is 1.29. The van der Waals surface area contributed by atoms with E-state index < -0.39 is 27.7 Å². The van der Waals surface area contributed by atoms with Crippen LogP contribution in [0.1, 0.15) is 72.9 Å². The van der Waals surface area contributed by atoms with Crippen LogP contribution in [0.15, 0.2) is 54.6 Å². The van der Waals surface area contributed by atoms with Crippen molar-refractivity contribution in [1.82, 2.24) is 9.62 Å². The van der Waals surface area contributed by atoms with E-state index in [0.29, 0.717) is 31.2 Å². The molecule has 2 aliphatic rings. The van der Waals surface area contributed by atoms with Gasteiger partial charge in [-0.15, -0.1) is 0 Å². The molecule has 2 aromatic rings. The van der Waals surface area contributed by atoms with E-state index >= 15 is 0 Å². The fraction of sp³-hybridized carbons (Fsp3) is 0.500. The van der Waals surface area contributed by atoms with Gasteiger partial charge in [0.1, 0.15) is 0 Å². The minimum Gasteiger partial charge on any atom is -0.333 e. The Balaban J connectivity index is 1.51. The lowest BCUT2D eigenvalue weighted by molar-refractivity contribution is -0.146. The van der Waals surface area contributed by atoms with Gasteiger partial charge in [0.15, 0.2) is 0 Å². The lowest BCUT2D eigenvalue weighted by Crippen LogP contribution is -2.50. The summed E-state index contributed by atoms with van der Waals surface area (Å²) in [7, 11) is -3.86. The molecule has 1 amide bonds. The van der Waals surface area contributed by atoms with E-state index in [0.717, 1.165) is 25.3 Å². The van der Waals surface area contributed by atoms with Crippen molar-refractivity contribution in [3.05, 3.63) is 71.3 Å². The Bertz CT molecular complexity index is 1160. The molecule has 2 saturated carbocycles. The molecule has 4 rings (SSSR count). The van der Waals surface area contributed by atoms with Gasteiger partial charge in [0, 0.05) is 29.6 Å². The molecular weight excluding hydrogens is 491 g/mol. The molecule has 6 nitrogen and oxygen atoms in total. The van der Waals surface area contributed by atoms with Crippen molar-refractivity contribution in [3.8, 4) is 0 Å². The zero-order valence-electron chi connectivity index (χ0n) is 20.2. The number of nitrogens with two attached hydrogens (primary N) is 1. The van der Waals surface area contributed by atoms with Crippen molar-refractivity contribution in [2.24, 2.45) is 5.14 Å². The highest BCUT2D eigenvalue weighted by Gasteiger charge is 2.44. The second-order valence-corrected chi connectivity index (χ2v) is 11.5. The van der Waals surface area contributed by atoms with Crippen LogP contribution in [0.3, 0.4) is 0 Å². The van der Waals surface area contributed by atoms with Gasteiger partial charge in [0.25, 0.3) is 16.1 Å². The summed E-state index contributed by atoms with van der Waals surface area (Å²) in [5, 5.41) is 5.22. The predicted molar refractivity (Wildman–Crippen MR) is 132 cm³/mol. The SMILES string of the molecule is CC(c1ccc(C(=O)N(C2CC2)C2CCC(CNS(N)(=O)=O)(c3ccccc3)CC2)cc1)C(F)(F)F. The third-order valence-corrected chi connectivity index (χ3v) is 8.17. The molecule has 1 atom stereocenters. The summed E-state index contributed by atoms with van der Waals surface area (Å²) in [4.78, 5) is 15.4. The van der Waals surface area contributed by atoms with Crippen molar-refractivity contribution in [3.63, 3.8) is 0 Å². The van der Waals surface area contributed by atoms with Crippen molar-refractivity contribution in [2.45, 2.75) is 75.0 Å². The first-order valence-corrected chi connectivity index (χ1v) is 13.8. The standard InChI is InChI=1S/C26H32F3N3O3S/c1-18(26(27,28)29)19-7-9-20(10-8-19)24(33)32(22-11-12-22)23-13-15-25(16-14-23,17-31-36(30,34)35)21-5-3-2-4-6-21/h2-10,18,22-23,31H,11-17H2,1H3,(H2,30,34,35). The minimum atomic E-state index is -4.34. The summed E-state index contributed by atoms with van der Waals surface area (Å²) in [6, 6.07) is 15.6. The molecule has 1 unspecified atom stereocenters. The zero-order valence-corrected chi connectivity index (χ0v) is 21.0. The molecule has 2 aliphatic carbocycles. The maximum Gasteiger partial charge on any atom is 0.395 e. The average Bonchev–Trinajstić information content (AvgIpc) is 3.68. The van der Waals surface area contributed by atoms with Crippen LogP contribution in [0.5, 0.6) is 0 Å². The van der Waals surface area contributed by atoms with Crippen LogP contribution < -0.4 is 9.86 Å². The highest BCUT2D eigenvalue weighted by atomic mass is 32.2. The van der Waals surface area contributed by atoms with Crippen LogP contribution >= 0.6 is 0 Å². The van der Waals surface area contributed by atoms with Crippen molar-refractivity contribution < 1.29 is 26.4 Å². The number of nitrogens with zero attached hydrogens (tertiary/aromatic N) is 1. The number of rotatable bonds is 8. The summed E-state index contributed by atoms with van der Waals surface area (Å²) in [5.74, 6) is -1.76. The van der Waals surface area contributed by atoms with Gasteiger partial charge < -0.3 is 4.90 Å². The van der Waals surface area contributed by atoms with Gasteiger partial charge in [-0.3, -0.25) is 4.79 Å². The van der Waals surface area contributed by atoms with Crippen molar-refractivity contribution in [1.29, 1.82) is 0 Å². The van der Waals surface area contributed by atoms with Gasteiger partial charge in [-0.05, 0) is 68.7 Å². The third kappa shape index (κ3) is 6.10. The molecule has 0 aromatic heterocycles. The van der Waals surface area contributed by atoms with Crippen molar-refractivity contribution >= 4 is 16.1 Å². The van der Waals surface area contributed by atoms with E-state index in [1.165, 1.54) is 24.3 Å². The summed E-state index contributed by atoms with van der Waals surface area (Å²) in [6.07, 6.45) is 0.187. The third-order valence-electron chi connectivity index (χ3n) is 7.63. The molecule has 0 radical (unpaired) electrons. The minimum absolute atomic E-state index is 0.0231. The maximum atomic E-state index is 13.5. The maximum absolute atomic E-state index is 13.5. The predicted octanol–water partition coefficient (Wildman–Crippen LogP) is 4.63. The molecule has 0 heterocycles. The zero-order chi connectivity index (χ0) is 26.1. The molecule has 2 aromatic carbocycles. The highest BCUT2D eigenvalue weighted by Crippen LogP contribution is 2.43. The highest BCUT2D eigenvalue weighted by molar-refractivity contribution is 7.87. The first-order chi connectivity index (χ1) is 16.9. The Morgan fingerprint density at radius 3 is 2.08 bits per heavy atom. The Kier molecular flexibility index (Phi) is 7.50. The van der Waals surface area contributed by atoms with Gasteiger partial charge in [0.2, 0.25) is 0 Å². The Morgan fingerprint density at radius 2 is 1.58 bits per heavy atom. The number of halogens is 3. The molecule has 0 aliphatic heterocycles. The Labute approximate surface area is 210 Å². The smallest absolute Gasteiger partial charge is 0.333 e. The molecule has 2 fully saturated rings. The first-order valence-electron chi connectivity index (χ1n) is 12.2. The molecule has 0 spiro atoms. The molecule has 196 valence electrons. The van der Waals surface area contributed by atoms with E-state index in [2.05, 4.69) is 4.72 Å². The fourth-order valence-corrected chi connectivity index (χ4v) is 5.74. The van der Waals surface area contributed by atoms with Crippen molar-refractivity contribution in [2.75, 3.05) is 6.54 Å². The lowest BCUT2D eigenvalue weighted by Gasteiger charge is -2.44. The van der Waals surface area contributed by atoms with Crippen LogP contribution in [-0.4, -0.2) is 44.0 Å². The quantitative estimate of drug-likeness (QED) is 0.529. The van der Waals surface area contributed by atoms with Gasteiger partial charge >= 0.3 is 6.18 Å². The monoisotopic (exact) mass is 523 g/mol. The van der Waals surface area contributed by atoms with Gasteiger partial charge in [-0.25, -0.2) is 9.86 Å². The van der Waals surface area contributed by atoms with Crippen LogP contribution in [0, 0.1) is 0 Å². The van der Waals surface area contributed by atoms with E-state index in [-0.39, 0.29) is 30.1 Å². The molecule has 3 N–H and O–H groups in total. The topological polar surface area (TPSA) is 92.5 Å². The van der Waals surface area contributed by atoms with Gasteiger partial charge in [-0.1, -0.05) is 42.5 Å². The number of carbonyl (C=O) groups is 1. The van der Waals surface area contributed by atoms with E-state index in [4.69, 9.17) is 5.14 Å². The number of nitrogens with one attached hydrogen (secondary N) is 1. The number of carbonyl (C=O) groups excluding carboxylic acids is 1. The van der Waals surface area contributed by atoms with Crippen LogP contribution in [0.25, 0.3) is 0 Å². The van der Waals surface area contributed by atoms with Crippen LogP contribution in [-0.2, 0) is 15.6 Å². The first kappa shape index (κ1) is 26.6. The van der Waals surface area contributed by atoms with E-state index in [1.807, 2.05) is 35.2 Å². The van der Waals surface area contributed by atoms with E-state index in [1.54, 1.807) is 0 Å². The molecule has 10 heteroatoms. The summed E-state index contributed by atoms with van der Waals surface area (Å²) in [5.41, 5.74) is 1.11. The molecular formula is C26H32F3N3O3S. The second kappa shape index (κ2) is 10.1. The Hall–Kier alpha value is -2.43. The Morgan fingerprint density at radius 1 is 1.03 bits per heavy atom. The normalized spacial score (nSPS) is 23.8. The number of hydrogen-bond donors (Lipinski definition) is 2. The van der Waals surface area contributed by atoms with Gasteiger partial charge in [0.05, 0.1) is 5.92 Å². The number of hydrogen-bond acceptors (Lipinski definition) is 3. The number of benzene rings is 2. The van der Waals surface area contributed by atoms with E-state index in [9.17, 15) is 26.4 Å². The molecule has 0 saturated heterocycles. The second-order valence-electron chi connectivity index (χ2n) is 10.1. The van der Waals surface area contributed by atoms with Crippen LogP contribution in [0.2, 0.25) is 0 Å². The fourth-order valence-electron chi connectivity index (χ4n) is 5.27. The molecule has 0 bridgehead atoms. The van der Waals surface area contributed by atoms with Crippen LogP contribution in [0.4, 0.5) is 13.2 Å². The average molecular weight is 524 g/mol. The lowest BCUT2D eigenvalue weighted by atomic mass is 9.68. The number of amides is 1. The number of alkyl halides is 3. The molecule has 36 heavy (non-hydrogen) atoms. The summed E-state index contributed by atoms with van der Waals surface area (Å²) < 4.78 is 64.9. The largest absolute Gasteiger partial charge is 0.395 e.